The van der Waals surface area contributed by atoms with Gasteiger partial charge in [-0.25, -0.2) is 9.18 Å². The Kier molecular flexibility index (Phi) is 7.26. The molecular weight excluding hydrogens is 483 g/mol. The molecule has 0 aromatic rings. The summed E-state index contributed by atoms with van der Waals surface area (Å²) in [6.07, 6.45) is 10.2. The van der Waals surface area contributed by atoms with Crippen molar-refractivity contribution in [1.29, 1.82) is 0 Å². The van der Waals surface area contributed by atoms with Crippen LogP contribution in [0.25, 0.3) is 0 Å². The summed E-state index contributed by atoms with van der Waals surface area (Å²) < 4.78 is 19.2. The lowest BCUT2D eigenvalue weighted by molar-refractivity contribution is -0.132. The average Bonchev–Trinajstić information content (AvgIpc) is 3.46. The van der Waals surface area contributed by atoms with Gasteiger partial charge in [-0.05, 0) is 81.5 Å². The number of likely N-dealkylation sites (N-methyl/N-ethyl adjacent to an activating group) is 1. The number of amides is 1. The molecule has 1 aliphatic heterocycles. The second kappa shape index (κ2) is 9.84. The van der Waals surface area contributed by atoms with E-state index in [1.807, 2.05) is 14.0 Å². The van der Waals surface area contributed by atoms with Crippen LogP contribution in [-0.2, 0) is 9.57 Å². The zero-order valence-corrected chi connectivity index (χ0v) is 24.3. The van der Waals surface area contributed by atoms with Crippen molar-refractivity contribution in [3.63, 3.8) is 0 Å². The molecule has 5 aliphatic rings. The standard InChI is InChI=1S/C30H49FN4O3/c1-19(34-38-26(36)35(5)18-22-16-21(31)17-33-22)24-7-8-25-27(24,2)13-14-30(32)28(3)12-10-23(37-6)15-20(28)9-11-29(25,30)4/h15,21-25,33H,7-14,16-18,32H2,1-6H3/b34-19+/t21?,22?,23-,24+,25+,27+,28-,29-,30-/m0/s1. The van der Waals surface area contributed by atoms with E-state index in [2.05, 4.69) is 37.3 Å². The van der Waals surface area contributed by atoms with E-state index in [1.54, 1.807) is 7.05 Å². The predicted octanol–water partition coefficient (Wildman–Crippen LogP) is 5.20. The molecule has 0 spiro atoms. The van der Waals surface area contributed by atoms with Crippen molar-refractivity contribution in [1.82, 2.24) is 10.2 Å². The summed E-state index contributed by atoms with van der Waals surface area (Å²) in [4.78, 5) is 19.5. The minimum Gasteiger partial charge on any atom is -0.377 e. The van der Waals surface area contributed by atoms with Gasteiger partial charge in [-0.2, -0.15) is 0 Å². The van der Waals surface area contributed by atoms with Crippen molar-refractivity contribution in [2.24, 2.45) is 39.0 Å². The quantitative estimate of drug-likeness (QED) is 0.220. The maximum absolute atomic E-state index is 13.5. The molecule has 4 aliphatic carbocycles. The Hall–Kier alpha value is -1.51. The highest BCUT2D eigenvalue weighted by molar-refractivity contribution is 5.85. The topological polar surface area (TPSA) is 89.2 Å². The summed E-state index contributed by atoms with van der Waals surface area (Å²) in [6.45, 7) is 10.1. The van der Waals surface area contributed by atoms with E-state index in [0.717, 1.165) is 57.1 Å². The third-order valence-corrected chi connectivity index (χ3v) is 12.2. The summed E-state index contributed by atoms with van der Waals surface area (Å²) in [5.41, 5.74) is 9.90. The van der Waals surface area contributed by atoms with E-state index in [4.69, 9.17) is 15.3 Å². The van der Waals surface area contributed by atoms with Crippen LogP contribution in [0.2, 0.25) is 0 Å². The van der Waals surface area contributed by atoms with Gasteiger partial charge in [0.1, 0.15) is 6.17 Å². The first-order chi connectivity index (χ1) is 17.9. The molecule has 0 aromatic carbocycles. The lowest BCUT2D eigenvalue weighted by Crippen LogP contribution is -2.73. The molecule has 0 bridgehead atoms. The molecule has 5 rings (SSSR count). The summed E-state index contributed by atoms with van der Waals surface area (Å²) >= 11 is 0. The number of oxime groups is 1. The van der Waals surface area contributed by atoms with E-state index in [9.17, 15) is 9.18 Å². The van der Waals surface area contributed by atoms with Crippen molar-refractivity contribution >= 4 is 11.8 Å². The molecule has 0 radical (unpaired) electrons. The Morgan fingerprint density at radius 2 is 1.97 bits per heavy atom. The van der Waals surface area contributed by atoms with Crippen LogP contribution in [0.1, 0.15) is 85.5 Å². The Morgan fingerprint density at radius 3 is 2.66 bits per heavy atom. The molecule has 1 saturated heterocycles. The normalized spacial score (nSPS) is 46.6. The summed E-state index contributed by atoms with van der Waals surface area (Å²) in [6, 6.07) is -0.0427. The number of nitrogens with one attached hydrogen (secondary N) is 1. The van der Waals surface area contributed by atoms with Gasteiger partial charge in [0.2, 0.25) is 0 Å². The Morgan fingerprint density at radius 1 is 1.21 bits per heavy atom. The number of rotatable bonds is 5. The Labute approximate surface area is 228 Å². The number of nitrogens with two attached hydrogens (primary N) is 1. The first-order valence-electron chi connectivity index (χ1n) is 14.7. The van der Waals surface area contributed by atoms with Gasteiger partial charge >= 0.3 is 6.09 Å². The molecule has 2 unspecified atom stereocenters. The number of fused-ring (bicyclic) bond motifs is 5. The van der Waals surface area contributed by atoms with Crippen LogP contribution in [0.5, 0.6) is 0 Å². The van der Waals surface area contributed by atoms with Crippen molar-refractivity contribution in [3.05, 3.63) is 11.6 Å². The third-order valence-electron chi connectivity index (χ3n) is 12.2. The van der Waals surface area contributed by atoms with Crippen molar-refractivity contribution in [3.8, 4) is 0 Å². The molecule has 7 nitrogen and oxygen atoms in total. The zero-order valence-electron chi connectivity index (χ0n) is 24.3. The number of carbonyl (C=O) groups is 1. The fourth-order valence-electron chi connectivity index (χ4n) is 9.77. The van der Waals surface area contributed by atoms with Crippen molar-refractivity contribution in [2.75, 3.05) is 27.2 Å². The molecule has 4 fully saturated rings. The van der Waals surface area contributed by atoms with Gasteiger partial charge in [0.25, 0.3) is 0 Å². The molecule has 8 heteroatoms. The van der Waals surface area contributed by atoms with E-state index >= 15 is 0 Å². The largest absolute Gasteiger partial charge is 0.435 e. The lowest BCUT2D eigenvalue weighted by Gasteiger charge is -2.69. The molecule has 0 aromatic heterocycles. The van der Waals surface area contributed by atoms with Crippen LogP contribution in [-0.4, -0.2) is 67.8 Å². The van der Waals surface area contributed by atoms with Crippen molar-refractivity contribution < 1.29 is 18.8 Å². The SMILES string of the molecule is CO[C@@H]1C=C2CC[C@@]3(C)[C@@H]4CC[C@H](/C(C)=N/OC(=O)N(C)CC5CC(F)CN5)[C@@]4(C)CC[C@]3(N)[C@@]2(C)CC1. The fraction of sp³-hybridized carbons (Fsp3) is 0.867. The van der Waals surface area contributed by atoms with E-state index in [0.29, 0.717) is 25.4 Å². The number of hydrogen-bond acceptors (Lipinski definition) is 6. The monoisotopic (exact) mass is 532 g/mol. The molecule has 38 heavy (non-hydrogen) atoms. The number of alkyl halides is 1. The molecule has 3 N–H and O–H groups in total. The van der Waals surface area contributed by atoms with Crippen LogP contribution >= 0.6 is 0 Å². The van der Waals surface area contributed by atoms with Gasteiger partial charge < -0.3 is 20.7 Å². The summed E-state index contributed by atoms with van der Waals surface area (Å²) in [5, 5.41) is 7.48. The van der Waals surface area contributed by atoms with Crippen LogP contribution in [0.3, 0.4) is 0 Å². The number of hydrogen-bond donors (Lipinski definition) is 2. The maximum Gasteiger partial charge on any atom is 0.435 e. The number of methoxy groups -OCH3 is 1. The Balaban J connectivity index is 1.30. The highest BCUT2D eigenvalue weighted by atomic mass is 19.1. The molecular formula is C30H49FN4O3. The highest BCUT2D eigenvalue weighted by Gasteiger charge is 2.70. The molecule has 9 atom stereocenters. The van der Waals surface area contributed by atoms with Gasteiger partial charge in [0.15, 0.2) is 0 Å². The maximum atomic E-state index is 13.5. The first kappa shape index (κ1) is 28.0. The molecule has 1 amide bonds. The average molecular weight is 533 g/mol. The number of halogens is 1. The van der Waals surface area contributed by atoms with E-state index in [-0.39, 0.29) is 39.8 Å². The van der Waals surface area contributed by atoms with Crippen LogP contribution in [0.4, 0.5) is 9.18 Å². The Bertz CT molecular complexity index is 1000. The smallest absolute Gasteiger partial charge is 0.377 e. The summed E-state index contributed by atoms with van der Waals surface area (Å²) in [7, 11) is 3.50. The van der Waals surface area contributed by atoms with Crippen LogP contribution in [0.15, 0.2) is 16.8 Å². The summed E-state index contributed by atoms with van der Waals surface area (Å²) in [5.74, 6) is 0.771. The second-order valence-electron chi connectivity index (χ2n) is 13.8. The first-order valence-corrected chi connectivity index (χ1v) is 14.7. The van der Waals surface area contributed by atoms with Gasteiger partial charge in [0, 0.05) is 50.2 Å². The van der Waals surface area contributed by atoms with Gasteiger partial charge in [0.05, 0.1) is 11.8 Å². The zero-order chi connectivity index (χ0) is 27.5. The number of nitrogens with zero attached hydrogens (tertiary/aromatic N) is 2. The van der Waals surface area contributed by atoms with Gasteiger partial charge in [-0.15, -0.1) is 0 Å². The minimum atomic E-state index is -0.847. The van der Waals surface area contributed by atoms with Crippen LogP contribution < -0.4 is 11.1 Å². The fourth-order valence-corrected chi connectivity index (χ4v) is 9.77. The molecule has 1 heterocycles. The van der Waals surface area contributed by atoms with Gasteiger partial charge in [-0.3, -0.25) is 4.84 Å². The third kappa shape index (κ3) is 4.15. The highest BCUT2D eigenvalue weighted by Crippen LogP contribution is 2.72. The van der Waals surface area contributed by atoms with Gasteiger partial charge in [-0.1, -0.05) is 37.6 Å². The lowest BCUT2D eigenvalue weighted by atomic mass is 9.37. The molecule has 3 saturated carbocycles. The number of carbonyl (C=O) groups excluding carboxylic acids is 1. The van der Waals surface area contributed by atoms with Crippen molar-refractivity contribution in [2.45, 2.75) is 109 Å². The van der Waals surface area contributed by atoms with E-state index < -0.39 is 12.3 Å². The number of ether oxygens (including phenoxy) is 1. The molecule has 214 valence electrons. The van der Waals surface area contributed by atoms with E-state index in [1.165, 1.54) is 10.5 Å². The van der Waals surface area contributed by atoms with Crippen LogP contribution in [0, 0.1) is 28.1 Å². The minimum absolute atomic E-state index is 0.00797. The second-order valence-corrected chi connectivity index (χ2v) is 13.8. The predicted molar refractivity (Wildman–Crippen MR) is 148 cm³/mol.